The van der Waals surface area contributed by atoms with Gasteiger partial charge in [0.15, 0.2) is 0 Å². The molecule has 0 atom stereocenters. The van der Waals surface area contributed by atoms with Crippen LogP contribution in [0.1, 0.15) is 6.92 Å². The molecule has 0 aliphatic carbocycles. The molecule has 6 N–H and O–H groups in total. The van der Waals surface area contributed by atoms with Crippen molar-refractivity contribution in [3.8, 4) is 0 Å². The van der Waals surface area contributed by atoms with Crippen LogP contribution >= 0.6 is 0 Å². The van der Waals surface area contributed by atoms with Gasteiger partial charge in [-0.05, 0) is 6.92 Å². The number of rotatable bonds is 3. The number of nitrogens with two attached hydrogens (primary N) is 3. The molecule has 0 heterocycles. The van der Waals surface area contributed by atoms with Gasteiger partial charge in [0.2, 0.25) is 0 Å². The fraction of sp³-hybridized carbons (Fsp3) is 0.125. The van der Waals surface area contributed by atoms with Crippen molar-refractivity contribution >= 4 is 6.34 Å². The lowest BCUT2D eigenvalue weighted by atomic mass is 10.2. The van der Waals surface area contributed by atoms with Crippen LogP contribution in [-0.2, 0) is 0 Å². The van der Waals surface area contributed by atoms with E-state index in [1.165, 1.54) is 0 Å². The Kier molecular flexibility index (Phi) is 4.30. The third kappa shape index (κ3) is 2.92. The minimum Gasteiger partial charge on any atom is -0.399 e. The summed E-state index contributed by atoms with van der Waals surface area (Å²) in [6.07, 6.45) is 4.64. The molecule has 0 amide bonds. The van der Waals surface area contributed by atoms with E-state index >= 15 is 0 Å². The van der Waals surface area contributed by atoms with Crippen LogP contribution in [0.3, 0.4) is 0 Å². The number of nitrogens with zero attached hydrogens (tertiary/aromatic N) is 1. The van der Waals surface area contributed by atoms with Crippen molar-refractivity contribution in [1.29, 1.82) is 0 Å². The molecule has 0 bridgehead atoms. The van der Waals surface area contributed by atoms with Gasteiger partial charge in [0.05, 0.1) is 6.34 Å². The van der Waals surface area contributed by atoms with E-state index in [4.69, 9.17) is 17.2 Å². The zero-order valence-electron chi connectivity index (χ0n) is 7.12. The highest BCUT2D eigenvalue weighted by Gasteiger charge is 1.98. The van der Waals surface area contributed by atoms with Gasteiger partial charge in [-0.1, -0.05) is 18.7 Å². The first kappa shape index (κ1) is 10.3. The van der Waals surface area contributed by atoms with Crippen molar-refractivity contribution in [2.45, 2.75) is 6.92 Å². The summed E-state index contributed by atoms with van der Waals surface area (Å²) in [5, 5.41) is 0. The first-order chi connectivity index (χ1) is 5.63. The average Bonchev–Trinajstić information content (AvgIpc) is 1.99. The van der Waals surface area contributed by atoms with E-state index in [2.05, 4.69) is 11.6 Å². The van der Waals surface area contributed by atoms with E-state index in [0.29, 0.717) is 11.3 Å². The molecular formula is C8H14N4. The summed E-state index contributed by atoms with van der Waals surface area (Å²) in [6.45, 7) is 5.40. The number of hydrogen-bond donors (Lipinski definition) is 3. The first-order valence-corrected chi connectivity index (χ1v) is 3.45. The molecule has 12 heavy (non-hydrogen) atoms. The summed E-state index contributed by atoms with van der Waals surface area (Å²) < 4.78 is 0. The Balaban J connectivity index is 4.93. The molecule has 0 radical (unpaired) electrons. The monoisotopic (exact) mass is 166 g/mol. The average molecular weight is 166 g/mol. The first-order valence-electron chi connectivity index (χ1n) is 3.45. The fourth-order valence-electron chi connectivity index (χ4n) is 0.673. The molecule has 0 aliphatic heterocycles. The van der Waals surface area contributed by atoms with Gasteiger partial charge >= 0.3 is 0 Å². The van der Waals surface area contributed by atoms with E-state index in [-0.39, 0.29) is 5.82 Å². The van der Waals surface area contributed by atoms with Crippen LogP contribution in [0.15, 0.2) is 40.8 Å². The molecule has 0 spiro atoms. The lowest BCUT2D eigenvalue weighted by molar-refractivity contribution is 1.18. The van der Waals surface area contributed by atoms with Crippen LogP contribution in [0.25, 0.3) is 0 Å². The van der Waals surface area contributed by atoms with Gasteiger partial charge in [-0.25, -0.2) is 4.99 Å². The Morgan fingerprint density at radius 2 is 2.00 bits per heavy atom. The quantitative estimate of drug-likeness (QED) is 0.317. The topological polar surface area (TPSA) is 90.4 Å². The lowest BCUT2D eigenvalue weighted by Crippen LogP contribution is -2.07. The highest BCUT2D eigenvalue weighted by molar-refractivity contribution is 5.54. The SMILES string of the molecule is C=C(N)C(/C=C\C)=C(/N)N=CN. The van der Waals surface area contributed by atoms with Crippen LogP contribution in [0.2, 0.25) is 0 Å². The Hall–Kier alpha value is -1.71. The normalized spacial score (nSPS) is 13.8. The van der Waals surface area contributed by atoms with Gasteiger partial charge in [0.1, 0.15) is 5.82 Å². The predicted molar refractivity (Wildman–Crippen MR) is 52.0 cm³/mol. The third-order valence-electron chi connectivity index (χ3n) is 1.17. The van der Waals surface area contributed by atoms with Gasteiger partial charge in [-0.2, -0.15) is 0 Å². The van der Waals surface area contributed by atoms with Gasteiger partial charge in [0, 0.05) is 11.3 Å². The Morgan fingerprint density at radius 1 is 1.42 bits per heavy atom. The molecule has 0 aromatic carbocycles. The highest BCUT2D eigenvalue weighted by atomic mass is 14.9. The van der Waals surface area contributed by atoms with Crippen molar-refractivity contribution < 1.29 is 0 Å². The summed E-state index contributed by atoms with van der Waals surface area (Å²) in [5.41, 5.74) is 17.0. The minimum absolute atomic E-state index is 0.267. The Morgan fingerprint density at radius 3 is 2.33 bits per heavy atom. The van der Waals surface area contributed by atoms with E-state index in [0.717, 1.165) is 6.34 Å². The summed E-state index contributed by atoms with van der Waals surface area (Å²) in [7, 11) is 0. The summed E-state index contributed by atoms with van der Waals surface area (Å²) in [5.74, 6) is 0.267. The van der Waals surface area contributed by atoms with Crippen LogP contribution in [0.5, 0.6) is 0 Å². The molecule has 0 aromatic rings. The Bertz CT molecular complexity index is 248. The van der Waals surface area contributed by atoms with E-state index in [9.17, 15) is 0 Å². The number of hydrogen-bond acceptors (Lipinski definition) is 3. The van der Waals surface area contributed by atoms with Crippen molar-refractivity contribution in [2.75, 3.05) is 0 Å². The van der Waals surface area contributed by atoms with Crippen LogP contribution in [0, 0.1) is 0 Å². The maximum absolute atomic E-state index is 5.53. The molecule has 0 aliphatic rings. The highest BCUT2D eigenvalue weighted by Crippen LogP contribution is 2.07. The zero-order chi connectivity index (χ0) is 9.56. The van der Waals surface area contributed by atoms with Crippen molar-refractivity contribution in [2.24, 2.45) is 22.2 Å². The predicted octanol–water partition coefficient (Wildman–Crippen LogP) is 0.192. The second-order valence-electron chi connectivity index (χ2n) is 2.10. The maximum atomic E-state index is 5.53. The zero-order valence-corrected chi connectivity index (χ0v) is 7.12. The minimum atomic E-state index is 0.267. The molecule has 0 fully saturated rings. The number of allylic oxidation sites excluding steroid dienone is 2. The molecular weight excluding hydrogens is 152 g/mol. The third-order valence-corrected chi connectivity index (χ3v) is 1.17. The van der Waals surface area contributed by atoms with Gasteiger partial charge in [-0.15, -0.1) is 0 Å². The lowest BCUT2D eigenvalue weighted by Gasteiger charge is -2.02. The summed E-state index contributed by atoms with van der Waals surface area (Å²) >= 11 is 0. The summed E-state index contributed by atoms with van der Waals surface area (Å²) in [6, 6.07) is 0. The van der Waals surface area contributed by atoms with Gasteiger partial charge in [-0.3, -0.25) is 0 Å². The largest absolute Gasteiger partial charge is 0.399 e. The summed E-state index contributed by atoms with van der Waals surface area (Å²) in [4.78, 5) is 3.68. The molecule has 0 unspecified atom stereocenters. The van der Waals surface area contributed by atoms with Crippen LogP contribution < -0.4 is 17.2 Å². The van der Waals surface area contributed by atoms with Crippen LogP contribution in [-0.4, -0.2) is 6.34 Å². The maximum Gasteiger partial charge on any atom is 0.134 e. The standard InChI is InChI=1S/C8H14N4/c1-3-4-7(6(2)10)8(11)12-5-9/h3-5H,2,10-11H2,1H3,(H2,9,12)/b4-3-,8-7-. The van der Waals surface area contributed by atoms with Crippen LogP contribution in [0.4, 0.5) is 0 Å². The van der Waals surface area contributed by atoms with Crippen molar-refractivity contribution in [3.63, 3.8) is 0 Å². The molecule has 0 aromatic heterocycles. The van der Waals surface area contributed by atoms with E-state index in [1.807, 2.05) is 6.92 Å². The second-order valence-corrected chi connectivity index (χ2v) is 2.10. The van der Waals surface area contributed by atoms with Gasteiger partial charge in [0.25, 0.3) is 0 Å². The molecule has 0 saturated heterocycles. The van der Waals surface area contributed by atoms with E-state index < -0.39 is 0 Å². The van der Waals surface area contributed by atoms with Crippen molar-refractivity contribution in [1.82, 2.24) is 0 Å². The van der Waals surface area contributed by atoms with Gasteiger partial charge < -0.3 is 17.2 Å². The van der Waals surface area contributed by atoms with E-state index in [1.54, 1.807) is 12.2 Å². The number of aliphatic imine (C=N–C) groups is 1. The fourth-order valence-corrected chi connectivity index (χ4v) is 0.673. The smallest absolute Gasteiger partial charge is 0.134 e. The molecule has 66 valence electrons. The second kappa shape index (κ2) is 5.01. The molecule has 4 heteroatoms. The molecule has 0 rings (SSSR count). The van der Waals surface area contributed by atoms with Crippen molar-refractivity contribution in [3.05, 3.63) is 35.8 Å². The Labute approximate surface area is 72.1 Å². The molecule has 0 saturated carbocycles. The molecule has 4 nitrogen and oxygen atoms in total.